The van der Waals surface area contributed by atoms with Crippen molar-refractivity contribution in [3.05, 3.63) is 52.5 Å². The molecule has 1 N–H and O–H groups in total. The lowest BCUT2D eigenvalue weighted by Crippen LogP contribution is -2.52. The Morgan fingerprint density at radius 1 is 1.06 bits per heavy atom. The van der Waals surface area contributed by atoms with Gasteiger partial charge in [-0.2, -0.15) is 5.26 Å². The maximum absolute atomic E-state index is 13.3. The molecule has 0 radical (unpaired) electrons. The molecule has 0 bridgehead atoms. The van der Waals surface area contributed by atoms with Gasteiger partial charge in [-0.15, -0.1) is 0 Å². The van der Waals surface area contributed by atoms with Gasteiger partial charge in [-0.05, 0) is 49.9 Å². The van der Waals surface area contributed by atoms with E-state index in [2.05, 4.69) is 16.3 Å². The van der Waals surface area contributed by atoms with E-state index >= 15 is 0 Å². The summed E-state index contributed by atoms with van der Waals surface area (Å²) in [5.74, 6) is 0.427. The predicted octanol–water partition coefficient (Wildman–Crippen LogP) is 3.83. The van der Waals surface area contributed by atoms with Crippen LogP contribution in [0.25, 0.3) is 0 Å². The highest BCUT2D eigenvalue weighted by Gasteiger charge is 2.29. The van der Waals surface area contributed by atoms with E-state index in [4.69, 9.17) is 0 Å². The second-order valence-corrected chi connectivity index (χ2v) is 9.74. The smallest absolute Gasteiger partial charge is 0.239 e. The zero-order valence-corrected chi connectivity index (χ0v) is 20.6. The summed E-state index contributed by atoms with van der Waals surface area (Å²) >= 11 is 0. The molecule has 1 saturated carbocycles. The number of aromatic nitrogens is 1. The first-order valence-corrected chi connectivity index (χ1v) is 12.5. The molecule has 186 valence electrons. The number of anilines is 1. The molecule has 1 aliphatic carbocycles. The summed E-state index contributed by atoms with van der Waals surface area (Å²) in [6.45, 7) is 7.02. The van der Waals surface area contributed by atoms with Crippen LogP contribution in [0.15, 0.2) is 24.3 Å². The Kier molecular flexibility index (Phi) is 7.86. The van der Waals surface area contributed by atoms with Gasteiger partial charge in [0, 0.05) is 44.3 Å². The minimum Gasteiger partial charge on any atom is -0.340 e. The van der Waals surface area contributed by atoms with Gasteiger partial charge in [0.2, 0.25) is 11.8 Å². The van der Waals surface area contributed by atoms with Crippen LogP contribution >= 0.6 is 0 Å². The molecule has 35 heavy (non-hydrogen) atoms. The van der Waals surface area contributed by atoms with Crippen molar-refractivity contribution in [1.29, 1.82) is 5.26 Å². The highest BCUT2D eigenvalue weighted by Crippen LogP contribution is 2.28. The number of halogens is 1. The van der Waals surface area contributed by atoms with Crippen molar-refractivity contribution < 1.29 is 14.0 Å². The van der Waals surface area contributed by atoms with Crippen LogP contribution in [0.1, 0.15) is 54.5 Å². The van der Waals surface area contributed by atoms with Gasteiger partial charge in [-0.1, -0.05) is 31.4 Å². The Labute approximate surface area is 206 Å². The van der Waals surface area contributed by atoms with Crippen LogP contribution in [0.3, 0.4) is 0 Å². The van der Waals surface area contributed by atoms with E-state index in [0.29, 0.717) is 44.1 Å². The third-order valence-electron chi connectivity index (χ3n) is 7.46. The van der Waals surface area contributed by atoms with Gasteiger partial charge in [0.05, 0.1) is 12.1 Å². The first kappa shape index (κ1) is 24.9. The Morgan fingerprint density at radius 2 is 1.71 bits per heavy atom. The van der Waals surface area contributed by atoms with Crippen LogP contribution in [-0.2, 0) is 16.1 Å². The summed E-state index contributed by atoms with van der Waals surface area (Å²) in [5, 5.41) is 12.7. The maximum Gasteiger partial charge on any atom is 0.239 e. The second kappa shape index (κ2) is 11.0. The number of hydrogen-bond donors (Lipinski definition) is 1. The largest absolute Gasteiger partial charge is 0.340 e. The lowest BCUT2D eigenvalue weighted by molar-refractivity contribution is -0.138. The van der Waals surface area contributed by atoms with Crippen molar-refractivity contribution in [1.82, 2.24) is 14.4 Å². The van der Waals surface area contributed by atoms with Crippen LogP contribution in [0, 0.1) is 36.9 Å². The molecular formula is C27H34FN5O2. The number of benzene rings is 1. The van der Waals surface area contributed by atoms with E-state index in [9.17, 15) is 19.2 Å². The van der Waals surface area contributed by atoms with Crippen molar-refractivity contribution in [3.63, 3.8) is 0 Å². The Bertz CT molecular complexity index is 1100. The van der Waals surface area contributed by atoms with Crippen molar-refractivity contribution in [2.24, 2.45) is 5.92 Å². The molecule has 0 atom stereocenters. The number of nitriles is 1. The van der Waals surface area contributed by atoms with E-state index < -0.39 is 0 Å². The molecule has 2 aromatic rings. The molecule has 1 saturated heterocycles. The minimum absolute atomic E-state index is 0.170. The number of hydrogen-bond acceptors (Lipinski definition) is 4. The maximum atomic E-state index is 13.3. The van der Waals surface area contributed by atoms with E-state index in [1.54, 1.807) is 12.1 Å². The Balaban J connectivity index is 1.38. The van der Waals surface area contributed by atoms with Crippen LogP contribution in [0.4, 0.5) is 10.2 Å². The van der Waals surface area contributed by atoms with Gasteiger partial charge in [-0.3, -0.25) is 14.5 Å². The van der Waals surface area contributed by atoms with Gasteiger partial charge < -0.3 is 14.8 Å². The molecule has 7 nitrogen and oxygen atoms in total. The molecule has 0 spiro atoms. The second-order valence-electron chi connectivity index (χ2n) is 9.74. The third kappa shape index (κ3) is 5.73. The zero-order chi connectivity index (χ0) is 24.9. The first-order chi connectivity index (χ1) is 16.9. The average molecular weight is 480 g/mol. The highest BCUT2D eigenvalue weighted by atomic mass is 19.1. The SMILES string of the molecule is Cc1c(C#N)c(NC(=O)CN2CCN(C(=O)C3CCCCC3)CC2)n(Cc2ccc(F)cc2)c1C. The van der Waals surface area contributed by atoms with Gasteiger partial charge in [0.1, 0.15) is 17.7 Å². The number of piperazine rings is 1. The summed E-state index contributed by atoms with van der Waals surface area (Å²) in [7, 11) is 0. The number of carbonyl (C=O) groups is 2. The van der Waals surface area contributed by atoms with E-state index in [1.807, 2.05) is 23.3 Å². The van der Waals surface area contributed by atoms with Crippen LogP contribution in [0.2, 0.25) is 0 Å². The molecular weight excluding hydrogens is 445 g/mol. The number of rotatable bonds is 6. The van der Waals surface area contributed by atoms with Crippen LogP contribution in [0.5, 0.6) is 0 Å². The van der Waals surface area contributed by atoms with E-state index in [-0.39, 0.29) is 30.1 Å². The fourth-order valence-electron chi connectivity index (χ4n) is 5.21. The monoisotopic (exact) mass is 479 g/mol. The van der Waals surface area contributed by atoms with Gasteiger partial charge >= 0.3 is 0 Å². The normalized spacial score (nSPS) is 17.3. The average Bonchev–Trinajstić information content (AvgIpc) is 3.09. The minimum atomic E-state index is -0.305. The summed E-state index contributed by atoms with van der Waals surface area (Å²) in [6.07, 6.45) is 5.51. The lowest BCUT2D eigenvalue weighted by Gasteiger charge is -2.36. The molecule has 2 amide bonds. The van der Waals surface area contributed by atoms with Gasteiger partial charge in [0.15, 0.2) is 0 Å². The molecule has 2 fully saturated rings. The fourth-order valence-corrected chi connectivity index (χ4v) is 5.21. The molecule has 0 unspecified atom stereocenters. The summed E-state index contributed by atoms with van der Waals surface area (Å²) in [5.41, 5.74) is 3.03. The van der Waals surface area contributed by atoms with Gasteiger partial charge in [0.25, 0.3) is 0 Å². The topological polar surface area (TPSA) is 81.4 Å². The van der Waals surface area contributed by atoms with Crippen molar-refractivity contribution >= 4 is 17.6 Å². The highest BCUT2D eigenvalue weighted by molar-refractivity contribution is 5.93. The van der Waals surface area contributed by atoms with Crippen molar-refractivity contribution in [2.45, 2.75) is 52.5 Å². The van der Waals surface area contributed by atoms with Crippen LogP contribution in [-0.4, -0.2) is 58.9 Å². The number of nitrogens with one attached hydrogen (secondary N) is 1. The van der Waals surface area contributed by atoms with Crippen molar-refractivity contribution in [2.75, 3.05) is 38.0 Å². The summed E-state index contributed by atoms with van der Waals surface area (Å²) in [4.78, 5) is 29.8. The molecule has 4 rings (SSSR count). The van der Waals surface area contributed by atoms with Crippen LogP contribution < -0.4 is 5.32 Å². The molecule has 1 aliphatic heterocycles. The number of nitrogens with zero attached hydrogens (tertiary/aromatic N) is 4. The molecule has 1 aromatic carbocycles. The predicted molar refractivity (Wildman–Crippen MR) is 132 cm³/mol. The molecule has 2 aliphatic rings. The number of carbonyl (C=O) groups excluding carboxylic acids is 2. The Morgan fingerprint density at radius 3 is 2.34 bits per heavy atom. The lowest BCUT2D eigenvalue weighted by atomic mass is 9.88. The van der Waals surface area contributed by atoms with E-state index in [1.165, 1.54) is 18.6 Å². The quantitative estimate of drug-likeness (QED) is 0.683. The van der Waals surface area contributed by atoms with Crippen molar-refractivity contribution in [3.8, 4) is 6.07 Å². The van der Waals surface area contributed by atoms with E-state index in [0.717, 1.165) is 42.5 Å². The summed E-state index contributed by atoms with van der Waals surface area (Å²) < 4.78 is 15.2. The third-order valence-corrected chi connectivity index (χ3v) is 7.46. The molecule has 1 aromatic heterocycles. The van der Waals surface area contributed by atoms with Gasteiger partial charge in [-0.25, -0.2) is 4.39 Å². The molecule has 2 heterocycles. The Hall–Kier alpha value is -3.18. The zero-order valence-electron chi connectivity index (χ0n) is 20.6. The fraction of sp³-hybridized carbons (Fsp3) is 0.519. The first-order valence-electron chi connectivity index (χ1n) is 12.5. The number of amides is 2. The summed E-state index contributed by atoms with van der Waals surface area (Å²) in [6, 6.07) is 8.45. The molecule has 8 heteroatoms. The standard InChI is InChI=1S/C27H34FN5O2/c1-19-20(2)33(17-21-8-10-23(28)11-9-21)26(24(19)16-29)30-25(34)18-31-12-14-32(15-13-31)27(35)22-6-4-3-5-7-22/h8-11,22H,3-7,12-15,17-18H2,1-2H3,(H,30,34).